The number of aliphatic hydroxyl groups is 2. The molecule has 0 bridgehead atoms. The first kappa shape index (κ1) is 61.6. The van der Waals surface area contributed by atoms with Gasteiger partial charge in [0.1, 0.15) is 19.8 Å². The fourth-order valence-electron chi connectivity index (χ4n) is 6.67. The molecule has 0 aromatic heterocycles. The van der Waals surface area contributed by atoms with Crippen molar-refractivity contribution in [3.05, 3.63) is 60.8 Å². The number of likely N-dealkylation sites (N-methyl/N-ethyl adjacent to an activating group) is 1. The van der Waals surface area contributed by atoms with Crippen LogP contribution in [-0.2, 0) is 32.7 Å². The number of aliphatic hydroxyl groups excluding tert-OH is 2. The highest BCUT2D eigenvalue weighted by Crippen LogP contribution is 2.43. The summed E-state index contributed by atoms with van der Waals surface area (Å²) in [6.07, 6.45) is 46.1. The normalized spacial score (nSPS) is 14.9. The zero-order valence-corrected chi connectivity index (χ0v) is 42.1. The average molecular weight is 925 g/mol. The van der Waals surface area contributed by atoms with Crippen molar-refractivity contribution in [1.82, 2.24) is 0 Å². The molecule has 0 saturated carbocycles. The molecule has 0 saturated heterocycles. The summed E-state index contributed by atoms with van der Waals surface area (Å²) in [5.74, 6) is -1.04. The van der Waals surface area contributed by atoms with Crippen LogP contribution in [0.5, 0.6) is 0 Å². The third-order valence-electron chi connectivity index (χ3n) is 10.7. The van der Waals surface area contributed by atoms with Gasteiger partial charge in [0.15, 0.2) is 6.10 Å². The summed E-state index contributed by atoms with van der Waals surface area (Å²) in [4.78, 5) is 35.5. The Hall–Kier alpha value is -2.37. The van der Waals surface area contributed by atoms with Crippen LogP contribution in [0.15, 0.2) is 60.8 Å². The van der Waals surface area contributed by atoms with Gasteiger partial charge < -0.3 is 29.1 Å². The van der Waals surface area contributed by atoms with Crippen molar-refractivity contribution < 1.29 is 52.3 Å². The van der Waals surface area contributed by atoms with E-state index in [1.807, 2.05) is 27.2 Å². The van der Waals surface area contributed by atoms with Crippen molar-refractivity contribution in [1.29, 1.82) is 0 Å². The van der Waals surface area contributed by atoms with E-state index in [-0.39, 0.29) is 26.1 Å². The molecule has 1 unspecified atom stereocenters. The average Bonchev–Trinajstić information content (AvgIpc) is 3.24. The van der Waals surface area contributed by atoms with Crippen LogP contribution in [0.4, 0.5) is 0 Å². The van der Waals surface area contributed by atoms with Gasteiger partial charge in [0.25, 0.3) is 0 Å². The van der Waals surface area contributed by atoms with E-state index in [4.69, 9.17) is 18.5 Å². The van der Waals surface area contributed by atoms with Crippen molar-refractivity contribution in [3.63, 3.8) is 0 Å². The lowest BCUT2D eigenvalue weighted by Crippen LogP contribution is -2.37. The Kier molecular flexibility index (Phi) is 41.6. The highest BCUT2D eigenvalue weighted by atomic mass is 31.2. The van der Waals surface area contributed by atoms with Gasteiger partial charge in [0.2, 0.25) is 0 Å². The minimum Gasteiger partial charge on any atom is -0.462 e. The largest absolute Gasteiger partial charge is 0.472 e. The molecule has 0 amide bonds. The summed E-state index contributed by atoms with van der Waals surface area (Å²) in [5.41, 5.74) is 0. The summed E-state index contributed by atoms with van der Waals surface area (Å²) in [6, 6.07) is 0. The maximum atomic E-state index is 12.8. The zero-order valence-electron chi connectivity index (χ0n) is 41.2. The fourth-order valence-corrected chi connectivity index (χ4v) is 7.42. The second-order valence-corrected chi connectivity index (χ2v) is 19.7. The summed E-state index contributed by atoms with van der Waals surface area (Å²) < 4.78 is 34.2. The molecule has 0 aliphatic rings. The van der Waals surface area contributed by atoms with Crippen LogP contribution < -0.4 is 0 Å². The van der Waals surface area contributed by atoms with Crippen LogP contribution in [0.1, 0.15) is 194 Å². The Labute approximate surface area is 391 Å². The van der Waals surface area contributed by atoms with E-state index in [0.717, 1.165) is 25.7 Å². The zero-order chi connectivity index (χ0) is 47.4. The molecule has 0 aliphatic carbocycles. The summed E-state index contributed by atoms with van der Waals surface area (Å²) in [5, 5.41) is 20.4. The van der Waals surface area contributed by atoms with Crippen molar-refractivity contribution in [2.45, 2.75) is 212 Å². The number of allylic oxidation sites excluding steroid dienone is 7. The molecule has 0 fully saturated rings. The van der Waals surface area contributed by atoms with Gasteiger partial charge in [-0.1, -0.05) is 177 Å². The van der Waals surface area contributed by atoms with E-state index in [1.54, 1.807) is 36.5 Å². The second kappa shape index (κ2) is 43.2. The predicted octanol–water partition coefficient (Wildman–Crippen LogP) is 12.7. The van der Waals surface area contributed by atoms with Crippen LogP contribution in [-0.4, -0.2) is 97.3 Å². The third kappa shape index (κ3) is 46.2. The molecule has 0 radical (unpaired) electrons. The van der Waals surface area contributed by atoms with Gasteiger partial charge in [-0.15, -0.1) is 0 Å². The lowest BCUT2D eigenvalue weighted by Gasteiger charge is -2.24. The van der Waals surface area contributed by atoms with E-state index in [0.29, 0.717) is 36.7 Å². The van der Waals surface area contributed by atoms with Gasteiger partial charge in [-0.3, -0.25) is 18.6 Å². The van der Waals surface area contributed by atoms with Gasteiger partial charge in [-0.2, -0.15) is 0 Å². The van der Waals surface area contributed by atoms with Gasteiger partial charge in [0, 0.05) is 12.8 Å². The number of hydrogen-bond acceptors (Lipinski definition) is 9. The number of ether oxygens (including phenoxy) is 2. The lowest BCUT2D eigenvalue weighted by atomic mass is 10.0. The number of quaternary nitrogens is 1. The molecular weight excluding hydrogens is 830 g/mol. The number of esters is 2. The molecule has 4 atom stereocenters. The molecule has 12 heteroatoms. The molecule has 0 aliphatic heterocycles. The Balaban J connectivity index is 4.48. The molecule has 0 aromatic carbocycles. The molecule has 372 valence electrons. The summed E-state index contributed by atoms with van der Waals surface area (Å²) in [7, 11) is 1.34. The SMILES string of the molecule is CCCCC/C=C\C[C@@H](O)/C=C/C=C/C=C\[C@@H](O)CCCC(=O)OC[C@H](COP(=O)(O)OCC[N+](C)(C)C)OC(=O)CCCCCCCCCCCCC/C=C\CCCCCCCC. The molecule has 0 heterocycles. The molecule has 0 aromatic rings. The number of rotatable bonds is 45. The molecule has 11 nitrogen and oxygen atoms in total. The van der Waals surface area contributed by atoms with Crippen LogP contribution in [0.3, 0.4) is 0 Å². The summed E-state index contributed by atoms with van der Waals surface area (Å²) in [6.45, 7) is 4.08. The first-order valence-electron chi connectivity index (χ1n) is 25.2. The first-order chi connectivity index (χ1) is 30.8. The minimum absolute atomic E-state index is 0.00985. The van der Waals surface area contributed by atoms with Gasteiger partial charge >= 0.3 is 19.8 Å². The van der Waals surface area contributed by atoms with Crippen LogP contribution in [0.25, 0.3) is 0 Å². The molecule has 64 heavy (non-hydrogen) atoms. The smallest absolute Gasteiger partial charge is 0.462 e. The van der Waals surface area contributed by atoms with E-state index < -0.39 is 44.7 Å². The fraction of sp³-hybridized carbons (Fsp3) is 0.769. The van der Waals surface area contributed by atoms with Gasteiger partial charge in [-0.05, 0) is 64.2 Å². The minimum atomic E-state index is -4.44. The van der Waals surface area contributed by atoms with E-state index >= 15 is 0 Å². The molecular formula is C52H95NO10P+. The number of carbonyl (C=O) groups excluding carboxylic acids is 2. The molecule has 3 N–H and O–H groups in total. The highest BCUT2D eigenvalue weighted by molar-refractivity contribution is 7.47. The van der Waals surface area contributed by atoms with Gasteiger partial charge in [-0.25, -0.2) is 4.57 Å². The topological polar surface area (TPSA) is 149 Å². The van der Waals surface area contributed by atoms with E-state index in [1.165, 1.54) is 116 Å². The quantitative estimate of drug-likeness (QED) is 0.0135. The van der Waals surface area contributed by atoms with Crippen LogP contribution >= 0.6 is 7.82 Å². The molecule has 0 spiro atoms. The third-order valence-corrected chi connectivity index (χ3v) is 11.7. The number of phosphoric ester groups is 1. The van der Waals surface area contributed by atoms with Crippen molar-refractivity contribution in [3.8, 4) is 0 Å². The van der Waals surface area contributed by atoms with Crippen LogP contribution in [0, 0.1) is 0 Å². The first-order valence-corrected chi connectivity index (χ1v) is 26.7. The Morgan fingerprint density at radius 2 is 1.03 bits per heavy atom. The van der Waals surface area contributed by atoms with Crippen molar-refractivity contribution in [2.24, 2.45) is 0 Å². The van der Waals surface area contributed by atoms with Crippen molar-refractivity contribution >= 4 is 19.8 Å². The number of carbonyl (C=O) groups is 2. The summed E-state index contributed by atoms with van der Waals surface area (Å²) >= 11 is 0. The predicted molar refractivity (Wildman–Crippen MR) is 264 cm³/mol. The Bertz CT molecular complexity index is 1310. The maximum absolute atomic E-state index is 12.8. The van der Waals surface area contributed by atoms with E-state index in [2.05, 4.69) is 32.1 Å². The lowest BCUT2D eigenvalue weighted by molar-refractivity contribution is -0.870. The standard InChI is InChI=1S/C52H94NO10P/c1-6-8-10-12-14-15-16-17-18-19-20-21-22-23-24-25-26-27-28-30-36-42-52(57)63-50(47-62-64(58,59)61-45-44-53(3,4)5)46-60-51(56)43-37-41-49(55)40-35-32-31-34-39-48(54)38-33-29-13-11-9-7-2/h17-18,29,31-35,39-40,48-50,54-55H,6-16,19-28,30,36-38,41-47H2,1-5H3/p+1/b18-17-,32-31+,33-29-,39-34+,40-35-/t48-,49-,50-/m1/s1. The van der Waals surface area contributed by atoms with Gasteiger partial charge in [0.05, 0.1) is 40.0 Å². The highest BCUT2D eigenvalue weighted by Gasteiger charge is 2.27. The monoisotopic (exact) mass is 925 g/mol. The Morgan fingerprint density at radius 1 is 0.562 bits per heavy atom. The second-order valence-electron chi connectivity index (χ2n) is 18.2. The number of phosphoric acid groups is 1. The number of unbranched alkanes of at least 4 members (excludes halogenated alkanes) is 20. The maximum Gasteiger partial charge on any atom is 0.472 e. The number of nitrogens with zero attached hydrogens (tertiary/aromatic N) is 1. The Morgan fingerprint density at radius 3 is 1.59 bits per heavy atom. The van der Waals surface area contributed by atoms with Crippen molar-refractivity contribution in [2.75, 3.05) is 47.5 Å². The van der Waals surface area contributed by atoms with E-state index in [9.17, 15) is 29.3 Å². The number of hydrogen-bond donors (Lipinski definition) is 3. The molecule has 0 rings (SSSR count). The van der Waals surface area contributed by atoms with Crippen LogP contribution in [0.2, 0.25) is 0 Å².